The standard InChI is InChI=1S/C22H25N9O3.C2H6/c1-5-34-21(32)16-11-24-22(23-9-14-10-26-30(2)12-14)28-20(16)27-17-8-6-7-15(18(17)33-4)19-25-13-31(3)29-19;1-2/h6-8,10-13H,5,9H2,1-4H3,(H2,23,24,27,28);1-2H3. The van der Waals surface area contributed by atoms with E-state index < -0.39 is 5.97 Å². The average Bonchev–Trinajstić information content (AvgIpc) is 3.51. The molecule has 0 amide bonds. The van der Waals surface area contributed by atoms with Gasteiger partial charge in [-0.05, 0) is 19.1 Å². The van der Waals surface area contributed by atoms with Crippen LogP contribution < -0.4 is 15.4 Å². The summed E-state index contributed by atoms with van der Waals surface area (Å²) >= 11 is 0. The van der Waals surface area contributed by atoms with Gasteiger partial charge in [-0.25, -0.2) is 14.8 Å². The molecule has 4 rings (SSSR count). The van der Waals surface area contributed by atoms with Crippen LogP contribution in [-0.2, 0) is 25.4 Å². The summed E-state index contributed by atoms with van der Waals surface area (Å²) in [5, 5.41) is 14.8. The van der Waals surface area contributed by atoms with Gasteiger partial charge in [-0.2, -0.15) is 15.2 Å². The van der Waals surface area contributed by atoms with Gasteiger partial charge in [0.25, 0.3) is 0 Å². The zero-order chi connectivity index (χ0) is 26.1. The van der Waals surface area contributed by atoms with Gasteiger partial charge in [0.15, 0.2) is 17.4 Å². The molecule has 1 aromatic carbocycles. The van der Waals surface area contributed by atoms with Crippen molar-refractivity contribution in [1.29, 1.82) is 0 Å². The molecule has 190 valence electrons. The minimum Gasteiger partial charge on any atom is -0.494 e. The SMILES string of the molecule is CC.CCOC(=O)c1cnc(NCc2cnn(C)c2)nc1Nc1cccc(-c2ncn(C)n2)c1OC. The van der Waals surface area contributed by atoms with Crippen LogP contribution in [0.5, 0.6) is 5.75 Å². The molecular weight excluding hydrogens is 462 g/mol. The normalized spacial score (nSPS) is 10.3. The van der Waals surface area contributed by atoms with E-state index in [2.05, 4.69) is 35.8 Å². The highest BCUT2D eigenvalue weighted by atomic mass is 16.5. The summed E-state index contributed by atoms with van der Waals surface area (Å²) in [7, 11) is 5.19. The minimum atomic E-state index is -0.537. The van der Waals surface area contributed by atoms with Crippen molar-refractivity contribution in [3.05, 3.63) is 54.2 Å². The van der Waals surface area contributed by atoms with Crippen LogP contribution >= 0.6 is 0 Å². The molecule has 0 spiro atoms. The van der Waals surface area contributed by atoms with Crippen molar-refractivity contribution in [3.8, 4) is 17.1 Å². The van der Waals surface area contributed by atoms with E-state index in [9.17, 15) is 4.79 Å². The molecule has 36 heavy (non-hydrogen) atoms. The van der Waals surface area contributed by atoms with Crippen LogP contribution in [0, 0.1) is 0 Å². The van der Waals surface area contributed by atoms with Crippen LogP contribution in [0.25, 0.3) is 11.4 Å². The van der Waals surface area contributed by atoms with Crippen molar-refractivity contribution in [1.82, 2.24) is 34.5 Å². The molecule has 0 aliphatic rings. The first-order valence-corrected chi connectivity index (χ1v) is 11.5. The molecule has 0 atom stereocenters. The highest BCUT2D eigenvalue weighted by molar-refractivity contribution is 5.95. The molecule has 12 nitrogen and oxygen atoms in total. The van der Waals surface area contributed by atoms with E-state index in [0.717, 1.165) is 5.56 Å². The molecule has 0 saturated carbocycles. The molecule has 0 fully saturated rings. The monoisotopic (exact) mass is 493 g/mol. The molecule has 0 aliphatic carbocycles. The summed E-state index contributed by atoms with van der Waals surface area (Å²) in [5.74, 6) is 1.08. The number of nitrogens with zero attached hydrogens (tertiary/aromatic N) is 7. The number of aryl methyl sites for hydroxylation is 2. The molecule has 0 saturated heterocycles. The van der Waals surface area contributed by atoms with Gasteiger partial charge < -0.3 is 20.1 Å². The summed E-state index contributed by atoms with van der Waals surface area (Å²) in [6.45, 7) is 6.43. The molecule has 12 heteroatoms. The summed E-state index contributed by atoms with van der Waals surface area (Å²) in [5.41, 5.74) is 2.43. The Morgan fingerprint density at radius 2 is 1.92 bits per heavy atom. The Hall–Kier alpha value is -4.48. The number of ether oxygens (including phenoxy) is 2. The molecule has 0 unspecified atom stereocenters. The van der Waals surface area contributed by atoms with Gasteiger partial charge in [-0.3, -0.25) is 9.36 Å². The van der Waals surface area contributed by atoms with Gasteiger partial charge in [0.2, 0.25) is 5.95 Å². The van der Waals surface area contributed by atoms with E-state index in [0.29, 0.717) is 35.3 Å². The second-order valence-corrected chi connectivity index (χ2v) is 7.31. The largest absolute Gasteiger partial charge is 0.494 e. The second-order valence-electron chi connectivity index (χ2n) is 7.31. The van der Waals surface area contributed by atoms with Crippen LogP contribution in [0.3, 0.4) is 0 Å². The van der Waals surface area contributed by atoms with Gasteiger partial charge in [-0.1, -0.05) is 19.9 Å². The maximum Gasteiger partial charge on any atom is 0.343 e. The van der Waals surface area contributed by atoms with Crippen molar-refractivity contribution in [2.24, 2.45) is 14.1 Å². The van der Waals surface area contributed by atoms with E-state index >= 15 is 0 Å². The zero-order valence-electron chi connectivity index (χ0n) is 21.3. The number of aromatic nitrogens is 7. The molecule has 4 aromatic rings. The predicted molar refractivity (Wildman–Crippen MR) is 136 cm³/mol. The number of carbonyl (C=O) groups excluding carboxylic acids is 1. The number of hydrogen-bond acceptors (Lipinski definition) is 10. The molecule has 0 radical (unpaired) electrons. The third kappa shape index (κ3) is 6.14. The van der Waals surface area contributed by atoms with Crippen LogP contribution in [0.15, 0.2) is 43.1 Å². The molecule has 3 heterocycles. The number of rotatable bonds is 9. The fraction of sp³-hybridized carbons (Fsp3) is 0.333. The first kappa shape index (κ1) is 26.1. The molecule has 3 aromatic heterocycles. The summed E-state index contributed by atoms with van der Waals surface area (Å²) in [4.78, 5) is 25.7. The Morgan fingerprint density at radius 1 is 1.11 bits per heavy atom. The number of esters is 1. The first-order chi connectivity index (χ1) is 17.5. The number of benzene rings is 1. The molecule has 0 aliphatic heterocycles. The predicted octanol–water partition coefficient (Wildman–Crippen LogP) is 3.57. The smallest absolute Gasteiger partial charge is 0.343 e. The fourth-order valence-electron chi connectivity index (χ4n) is 3.29. The van der Waals surface area contributed by atoms with Crippen molar-refractivity contribution in [2.75, 3.05) is 24.4 Å². The lowest BCUT2D eigenvalue weighted by Crippen LogP contribution is -2.13. The lowest BCUT2D eigenvalue weighted by Gasteiger charge is -2.16. The van der Waals surface area contributed by atoms with Crippen molar-refractivity contribution < 1.29 is 14.3 Å². The van der Waals surface area contributed by atoms with Gasteiger partial charge >= 0.3 is 5.97 Å². The maximum atomic E-state index is 12.6. The lowest BCUT2D eigenvalue weighted by atomic mass is 10.1. The van der Waals surface area contributed by atoms with Gasteiger partial charge in [0, 0.05) is 38.6 Å². The first-order valence-electron chi connectivity index (χ1n) is 11.5. The summed E-state index contributed by atoms with van der Waals surface area (Å²) in [6.07, 6.45) is 6.68. The van der Waals surface area contributed by atoms with E-state index in [4.69, 9.17) is 9.47 Å². The highest BCUT2D eigenvalue weighted by Gasteiger charge is 2.20. The number of carbonyl (C=O) groups is 1. The Bertz CT molecular complexity index is 1300. The van der Waals surface area contributed by atoms with Gasteiger partial charge in [0.1, 0.15) is 11.9 Å². The minimum absolute atomic E-state index is 0.192. The maximum absolute atomic E-state index is 12.6. The molecular formula is C24H31N9O3. The van der Waals surface area contributed by atoms with Crippen LogP contribution in [0.4, 0.5) is 17.5 Å². The van der Waals surface area contributed by atoms with E-state index in [1.54, 1.807) is 43.0 Å². The Morgan fingerprint density at radius 3 is 2.56 bits per heavy atom. The Balaban J connectivity index is 0.00000176. The van der Waals surface area contributed by atoms with Crippen molar-refractivity contribution >= 4 is 23.4 Å². The highest BCUT2D eigenvalue weighted by Crippen LogP contribution is 2.36. The number of nitrogens with one attached hydrogen (secondary N) is 2. The van der Waals surface area contributed by atoms with Gasteiger partial charge in [0.05, 0.1) is 31.2 Å². The van der Waals surface area contributed by atoms with Crippen molar-refractivity contribution in [2.45, 2.75) is 27.3 Å². The number of para-hydroxylation sites is 1. The number of anilines is 3. The third-order valence-corrected chi connectivity index (χ3v) is 4.81. The van der Waals surface area contributed by atoms with Crippen LogP contribution in [0.2, 0.25) is 0 Å². The second kappa shape index (κ2) is 12.3. The summed E-state index contributed by atoms with van der Waals surface area (Å²) < 4.78 is 14.2. The lowest BCUT2D eigenvalue weighted by molar-refractivity contribution is 0.0526. The van der Waals surface area contributed by atoms with Crippen LogP contribution in [-0.4, -0.2) is 54.2 Å². The number of hydrogen-bond donors (Lipinski definition) is 2. The van der Waals surface area contributed by atoms with E-state index in [-0.39, 0.29) is 18.0 Å². The van der Waals surface area contributed by atoms with E-state index in [1.165, 1.54) is 6.20 Å². The topological polar surface area (TPSA) is 134 Å². The molecule has 0 bridgehead atoms. The van der Waals surface area contributed by atoms with Crippen molar-refractivity contribution in [3.63, 3.8) is 0 Å². The quantitative estimate of drug-likeness (QED) is 0.333. The third-order valence-electron chi connectivity index (χ3n) is 4.81. The Labute approximate surface area is 209 Å². The van der Waals surface area contributed by atoms with Gasteiger partial charge in [-0.15, -0.1) is 0 Å². The van der Waals surface area contributed by atoms with E-state index in [1.807, 2.05) is 45.3 Å². The van der Waals surface area contributed by atoms with Crippen LogP contribution in [0.1, 0.15) is 36.7 Å². The molecule has 2 N–H and O–H groups in total. The summed E-state index contributed by atoms with van der Waals surface area (Å²) in [6, 6.07) is 5.50. The Kier molecular flexibility index (Phi) is 8.92. The number of methoxy groups -OCH3 is 1. The average molecular weight is 494 g/mol. The zero-order valence-corrected chi connectivity index (χ0v) is 21.3. The fourth-order valence-corrected chi connectivity index (χ4v) is 3.29.